The van der Waals surface area contributed by atoms with Crippen LogP contribution in [0.2, 0.25) is 0 Å². The molecule has 1 fully saturated rings. The summed E-state index contributed by atoms with van der Waals surface area (Å²) in [6.45, 7) is 3.27. The Morgan fingerprint density at radius 3 is 2.38 bits per heavy atom. The van der Waals surface area contributed by atoms with E-state index in [0.717, 1.165) is 11.1 Å². The number of likely N-dealkylation sites (N-methyl/N-ethyl adjacent to an activating group) is 1. The molecule has 2 aromatic carbocycles. The Bertz CT molecular complexity index is 1120. The molecule has 3 rings (SSSR count). The summed E-state index contributed by atoms with van der Waals surface area (Å²) in [6, 6.07) is 10.7. The summed E-state index contributed by atoms with van der Waals surface area (Å²) in [4.78, 5) is 26.9. The van der Waals surface area contributed by atoms with E-state index in [0.29, 0.717) is 18.4 Å². The molecule has 0 saturated heterocycles. The van der Waals surface area contributed by atoms with E-state index in [4.69, 9.17) is 4.74 Å². The molecule has 0 spiro atoms. The van der Waals surface area contributed by atoms with Gasteiger partial charge < -0.3 is 9.64 Å². The normalized spacial score (nSPS) is 15.4. The number of nitrogens with zero attached hydrogens (tertiary/aromatic N) is 1. The van der Waals surface area contributed by atoms with Crippen molar-refractivity contribution in [2.24, 2.45) is 0 Å². The average molecular weight is 462 g/mol. The Morgan fingerprint density at radius 1 is 1.06 bits per heavy atom. The van der Waals surface area contributed by atoms with E-state index in [1.54, 1.807) is 24.3 Å². The van der Waals surface area contributed by atoms with Crippen LogP contribution in [0.15, 0.2) is 47.4 Å². The quantitative estimate of drug-likeness (QED) is 0.587. The zero-order valence-corrected chi connectivity index (χ0v) is 19.4. The third-order valence-electron chi connectivity index (χ3n) is 6.15. The number of carbonyl (C=O) groups excluding carboxylic acids is 2. The standard InChI is InChI=1S/C24H28FNO5S/c1-17-9-10-21(13-18(17)2)32(29,30)24(11-4-5-12-24)23(28)31-16-22(27)26(3)15-19-7-6-8-20(25)14-19/h6-10,13-14H,4-5,11-12,15-16H2,1-3H3. The number of rotatable bonds is 7. The fraction of sp³-hybridized carbons (Fsp3) is 0.417. The number of halogens is 1. The van der Waals surface area contributed by atoms with Crippen molar-refractivity contribution < 1.29 is 27.1 Å². The molecule has 6 nitrogen and oxygen atoms in total. The summed E-state index contributed by atoms with van der Waals surface area (Å²) in [5.74, 6) is -1.80. The van der Waals surface area contributed by atoms with Gasteiger partial charge in [0.1, 0.15) is 5.82 Å². The van der Waals surface area contributed by atoms with Crippen LogP contribution in [0.4, 0.5) is 4.39 Å². The van der Waals surface area contributed by atoms with Crippen LogP contribution in [0.1, 0.15) is 42.4 Å². The third kappa shape index (κ3) is 4.70. The smallest absolute Gasteiger partial charge is 0.328 e. The molecule has 0 aliphatic heterocycles. The van der Waals surface area contributed by atoms with Gasteiger partial charge in [-0.05, 0) is 67.6 Å². The first kappa shape index (κ1) is 23.9. The van der Waals surface area contributed by atoms with E-state index in [2.05, 4.69) is 0 Å². The summed E-state index contributed by atoms with van der Waals surface area (Å²) in [7, 11) is -2.49. The van der Waals surface area contributed by atoms with E-state index < -0.39 is 38.9 Å². The van der Waals surface area contributed by atoms with Gasteiger partial charge >= 0.3 is 5.97 Å². The minimum Gasteiger partial charge on any atom is -0.454 e. The highest BCUT2D eigenvalue weighted by atomic mass is 32.2. The molecular weight excluding hydrogens is 433 g/mol. The van der Waals surface area contributed by atoms with Crippen molar-refractivity contribution in [1.82, 2.24) is 4.90 Å². The highest BCUT2D eigenvalue weighted by Crippen LogP contribution is 2.41. The number of ether oxygens (including phenoxy) is 1. The lowest BCUT2D eigenvalue weighted by Gasteiger charge is -2.27. The van der Waals surface area contributed by atoms with Crippen molar-refractivity contribution in [2.75, 3.05) is 13.7 Å². The third-order valence-corrected chi connectivity index (χ3v) is 8.63. The number of carbonyl (C=O) groups is 2. The van der Waals surface area contributed by atoms with E-state index in [1.807, 2.05) is 13.8 Å². The molecule has 0 N–H and O–H groups in total. The van der Waals surface area contributed by atoms with Crippen LogP contribution in [0.3, 0.4) is 0 Å². The number of sulfone groups is 1. The van der Waals surface area contributed by atoms with Crippen LogP contribution in [0.25, 0.3) is 0 Å². The number of hydrogen-bond donors (Lipinski definition) is 0. The van der Waals surface area contributed by atoms with Crippen LogP contribution in [-0.4, -0.2) is 43.6 Å². The maximum atomic E-state index is 13.5. The highest BCUT2D eigenvalue weighted by Gasteiger charge is 2.54. The van der Waals surface area contributed by atoms with Crippen LogP contribution < -0.4 is 0 Å². The molecule has 2 aromatic rings. The van der Waals surface area contributed by atoms with E-state index in [9.17, 15) is 22.4 Å². The lowest BCUT2D eigenvalue weighted by molar-refractivity contribution is -0.153. The fourth-order valence-corrected chi connectivity index (χ4v) is 6.14. The van der Waals surface area contributed by atoms with Gasteiger partial charge in [-0.2, -0.15) is 0 Å². The molecule has 1 aliphatic carbocycles. The molecule has 0 radical (unpaired) electrons. The van der Waals surface area contributed by atoms with Crippen LogP contribution in [-0.2, 0) is 30.7 Å². The number of amides is 1. The second-order valence-corrected chi connectivity index (χ2v) is 10.7. The summed E-state index contributed by atoms with van der Waals surface area (Å²) < 4.78 is 43.9. The van der Waals surface area contributed by atoms with Crippen molar-refractivity contribution in [1.29, 1.82) is 0 Å². The van der Waals surface area contributed by atoms with E-state index >= 15 is 0 Å². The van der Waals surface area contributed by atoms with Crippen molar-refractivity contribution in [3.8, 4) is 0 Å². The van der Waals surface area contributed by atoms with Gasteiger partial charge in [0, 0.05) is 13.6 Å². The van der Waals surface area contributed by atoms with Gasteiger partial charge in [0.15, 0.2) is 21.2 Å². The molecule has 1 saturated carbocycles. The number of esters is 1. The molecule has 1 amide bonds. The number of benzene rings is 2. The zero-order valence-electron chi connectivity index (χ0n) is 18.6. The first-order valence-electron chi connectivity index (χ1n) is 10.5. The topological polar surface area (TPSA) is 80.7 Å². The Balaban J connectivity index is 1.73. The van der Waals surface area contributed by atoms with E-state index in [1.165, 1.54) is 30.1 Å². The molecule has 0 atom stereocenters. The average Bonchev–Trinajstić information content (AvgIpc) is 3.25. The Morgan fingerprint density at radius 2 is 1.75 bits per heavy atom. The summed E-state index contributed by atoms with van der Waals surface area (Å²) in [5, 5.41) is 0. The Kier molecular flexibility index (Phi) is 7.03. The van der Waals surface area contributed by atoms with Crippen molar-refractivity contribution in [2.45, 2.75) is 55.7 Å². The van der Waals surface area contributed by atoms with Crippen molar-refractivity contribution in [3.05, 3.63) is 65.0 Å². The lowest BCUT2D eigenvalue weighted by Crippen LogP contribution is -2.46. The second-order valence-electron chi connectivity index (χ2n) is 8.41. The van der Waals surface area contributed by atoms with Gasteiger partial charge in [-0.1, -0.05) is 31.0 Å². The minimum absolute atomic E-state index is 0.0917. The number of hydrogen-bond acceptors (Lipinski definition) is 5. The predicted molar refractivity (Wildman–Crippen MR) is 118 cm³/mol. The predicted octanol–water partition coefficient (Wildman–Crippen LogP) is 3.73. The van der Waals surface area contributed by atoms with Gasteiger partial charge in [0.2, 0.25) is 0 Å². The largest absolute Gasteiger partial charge is 0.454 e. The number of aryl methyl sites for hydroxylation is 2. The van der Waals surface area contributed by atoms with Gasteiger partial charge in [-0.3, -0.25) is 9.59 Å². The molecule has 0 unspecified atom stereocenters. The summed E-state index contributed by atoms with van der Waals surface area (Å²) in [5.41, 5.74) is 2.37. The first-order valence-corrected chi connectivity index (χ1v) is 12.0. The van der Waals surface area contributed by atoms with Crippen molar-refractivity contribution >= 4 is 21.7 Å². The molecule has 0 bridgehead atoms. The minimum atomic E-state index is -4.00. The lowest BCUT2D eigenvalue weighted by atomic mass is 10.1. The van der Waals surface area contributed by atoms with E-state index in [-0.39, 0.29) is 24.3 Å². The maximum Gasteiger partial charge on any atom is 0.328 e. The molecular formula is C24H28FNO5S. The molecule has 32 heavy (non-hydrogen) atoms. The van der Waals surface area contributed by atoms with Crippen LogP contribution in [0, 0.1) is 19.7 Å². The molecule has 0 aromatic heterocycles. The Hall–Kier alpha value is -2.74. The summed E-state index contributed by atoms with van der Waals surface area (Å²) >= 11 is 0. The zero-order chi connectivity index (χ0) is 23.5. The Labute approximate surface area is 188 Å². The van der Waals surface area contributed by atoms with Crippen molar-refractivity contribution in [3.63, 3.8) is 0 Å². The molecule has 0 heterocycles. The van der Waals surface area contributed by atoms with Crippen LogP contribution in [0.5, 0.6) is 0 Å². The van der Waals surface area contributed by atoms with Gasteiger partial charge in [0.25, 0.3) is 5.91 Å². The SMILES string of the molecule is Cc1ccc(S(=O)(=O)C2(C(=O)OCC(=O)N(C)Cc3cccc(F)c3)CCCC2)cc1C. The monoisotopic (exact) mass is 461 g/mol. The first-order chi connectivity index (χ1) is 15.1. The van der Waals surface area contributed by atoms with Gasteiger partial charge in [-0.25, -0.2) is 12.8 Å². The van der Waals surface area contributed by atoms with Gasteiger partial charge in [-0.15, -0.1) is 0 Å². The molecule has 1 aliphatic rings. The van der Waals surface area contributed by atoms with Gasteiger partial charge in [0.05, 0.1) is 4.90 Å². The fourth-order valence-electron chi connectivity index (χ4n) is 4.00. The summed E-state index contributed by atoms with van der Waals surface area (Å²) in [6.07, 6.45) is 1.50. The molecule has 8 heteroatoms. The molecule has 172 valence electrons. The maximum absolute atomic E-state index is 13.5. The second kappa shape index (κ2) is 9.40. The van der Waals surface area contributed by atoms with Crippen LogP contribution >= 0.6 is 0 Å². The highest BCUT2D eigenvalue weighted by molar-refractivity contribution is 7.93.